The fraction of sp³-hybridized carbons (Fsp3) is 0.333. The molecule has 3 heterocycles. The molecule has 0 saturated carbocycles. The minimum absolute atomic E-state index is 0.0517. The third-order valence-corrected chi connectivity index (χ3v) is 8.35. The van der Waals surface area contributed by atoms with Crippen molar-refractivity contribution in [2.24, 2.45) is 0 Å². The molecule has 10 heteroatoms. The molecule has 0 spiro atoms. The van der Waals surface area contributed by atoms with Gasteiger partial charge in [-0.15, -0.1) is 11.3 Å². The second-order valence-electron chi connectivity index (χ2n) is 9.12. The van der Waals surface area contributed by atoms with Gasteiger partial charge in [-0.3, -0.25) is 9.69 Å². The number of nitrogens with zero attached hydrogens (tertiary/aromatic N) is 3. The average molecular weight is 559 g/mol. The maximum Gasteiger partial charge on any atom is 0.261 e. The maximum atomic E-state index is 12.7. The molecule has 1 amide bonds. The van der Waals surface area contributed by atoms with Crippen molar-refractivity contribution in [2.45, 2.75) is 13.3 Å². The second kappa shape index (κ2) is 11.3. The Labute approximate surface area is 230 Å². The molecule has 2 aromatic heterocycles. The minimum atomic E-state index is -0.0517. The summed E-state index contributed by atoms with van der Waals surface area (Å²) in [6.07, 6.45) is 0.897. The number of imidazole rings is 1. The smallest absolute Gasteiger partial charge is 0.261 e. The predicted molar refractivity (Wildman–Crippen MR) is 153 cm³/mol. The van der Waals surface area contributed by atoms with Gasteiger partial charge in [-0.25, -0.2) is 4.98 Å². The highest BCUT2D eigenvalue weighted by Gasteiger charge is 2.20. The molecule has 1 saturated heterocycles. The van der Waals surface area contributed by atoms with E-state index >= 15 is 0 Å². The summed E-state index contributed by atoms with van der Waals surface area (Å²) in [6.45, 7) is 7.28. The normalized spacial score (nSPS) is 14.3. The SMILES string of the molecule is COc1ccc(Cl)cc1N1CCN(CCCNC(=O)c2ccc(-c3nc4cc(Cl)c(C)cc4[nH]3)s2)CC1. The first kappa shape index (κ1) is 25.9. The molecule has 2 aromatic carbocycles. The number of aryl methyl sites for hydroxylation is 1. The maximum absolute atomic E-state index is 12.7. The van der Waals surface area contributed by atoms with Crippen molar-refractivity contribution in [1.82, 2.24) is 20.2 Å². The molecule has 5 rings (SSSR count). The Kier molecular flexibility index (Phi) is 7.90. The molecule has 0 bridgehead atoms. The van der Waals surface area contributed by atoms with Crippen LogP contribution in [0.5, 0.6) is 5.75 Å². The topological polar surface area (TPSA) is 73.5 Å². The number of benzene rings is 2. The van der Waals surface area contributed by atoms with E-state index in [1.54, 1.807) is 7.11 Å². The van der Waals surface area contributed by atoms with Crippen LogP contribution in [0.2, 0.25) is 10.0 Å². The number of carbonyl (C=O) groups excluding carboxylic acids is 1. The molecule has 37 heavy (non-hydrogen) atoms. The molecule has 0 aliphatic carbocycles. The number of carbonyl (C=O) groups is 1. The number of methoxy groups -OCH3 is 1. The number of nitrogens with one attached hydrogen (secondary N) is 2. The van der Waals surface area contributed by atoms with Crippen LogP contribution in [0.25, 0.3) is 21.7 Å². The Bertz CT molecular complexity index is 1370. The number of amides is 1. The van der Waals surface area contributed by atoms with Crippen LogP contribution in [0.15, 0.2) is 42.5 Å². The van der Waals surface area contributed by atoms with E-state index in [0.29, 0.717) is 21.5 Å². The number of hydrogen-bond acceptors (Lipinski definition) is 6. The molecule has 1 fully saturated rings. The number of aromatic amines is 1. The highest BCUT2D eigenvalue weighted by Crippen LogP contribution is 2.32. The van der Waals surface area contributed by atoms with Crippen molar-refractivity contribution in [1.29, 1.82) is 0 Å². The molecule has 1 aliphatic heterocycles. The van der Waals surface area contributed by atoms with Crippen LogP contribution < -0.4 is 15.0 Å². The van der Waals surface area contributed by atoms with E-state index in [1.165, 1.54) is 11.3 Å². The number of H-pyrrole nitrogens is 1. The first-order valence-corrected chi connectivity index (χ1v) is 13.8. The summed E-state index contributed by atoms with van der Waals surface area (Å²) in [5.74, 6) is 1.54. The summed E-state index contributed by atoms with van der Waals surface area (Å²) in [4.78, 5) is 27.0. The van der Waals surface area contributed by atoms with E-state index in [1.807, 2.05) is 49.4 Å². The van der Waals surface area contributed by atoms with E-state index in [4.69, 9.17) is 27.9 Å². The van der Waals surface area contributed by atoms with Gasteiger partial charge in [0.2, 0.25) is 0 Å². The van der Waals surface area contributed by atoms with Crippen LogP contribution in [-0.2, 0) is 0 Å². The van der Waals surface area contributed by atoms with Crippen molar-refractivity contribution in [3.05, 3.63) is 63.0 Å². The zero-order valence-corrected chi connectivity index (χ0v) is 23.1. The minimum Gasteiger partial charge on any atom is -0.495 e. The van der Waals surface area contributed by atoms with Crippen LogP contribution in [0.4, 0.5) is 5.69 Å². The van der Waals surface area contributed by atoms with Gasteiger partial charge in [-0.05, 0) is 67.9 Å². The van der Waals surface area contributed by atoms with Gasteiger partial charge >= 0.3 is 0 Å². The molecule has 4 aromatic rings. The lowest BCUT2D eigenvalue weighted by molar-refractivity contribution is 0.0955. The molecule has 0 radical (unpaired) electrons. The third-order valence-electron chi connectivity index (χ3n) is 6.62. The molecule has 194 valence electrons. The quantitative estimate of drug-likeness (QED) is 0.265. The van der Waals surface area contributed by atoms with E-state index < -0.39 is 0 Å². The van der Waals surface area contributed by atoms with Gasteiger partial charge in [-0.2, -0.15) is 0 Å². The molecule has 1 aliphatic rings. The fourth-order valence-electron chi connectivity index (χ4n) is 4.56. The number of rotatable bonds is 8. The van der Waals surface area contributed by atoms with Crippen LogP contribution >= 0.6 is 34.5 Å². The van der Waals surface area contributed by atoms with Crippen LogP contribution in [0.1, 0.15) is 21.7 Å². The Morgan fingerprint density at radius 1 is 1.14 bits per heavy atom. The van der Waals surface area contributed by atoms with Gasteiger partial charge < -0.3 is 19.9 Å². The monoisotopic (exact) mass is 557 g/mol. The molecule has 0 atom stereocenters. The zero-order valence-electron chi connectivity index (χ0n) is 20.8. The van der Waals surface area contributed by atoms with E-state index in [9.17, 15) is 4.79 Å². The van der Waals surface area contributed by atoms with Crippen molar-refractivity contribution in [2.75, 3.05) is 51.3 Å². The van der Waals surface area contributed by atoms with Crippen molar-refractivity contribution in [3.63, 3.8) is 0 Å². The fourth-order valence-corrected chi connectivity index (χ4v) is 5.75. The number of piperazine rings is 1. The first-order chi connectivity index (χ1) is 17.9. The van der Waals surface area contributed by atoms with Gasteiger partial charge in [-0.1, -0.05) is 23.2 Å². The van der Waals surface area contributed by atoms with Crippen molar-refractivity contribution in [3.8, 4) is 16.5 Å². The standard InChI is InChI=1S/C27H29Cl2N5O2S/c1-17-14-20-21(16-19(17)29)32-26(31-20)24-6-7-25(37-24)27(35)30-8-3-9-33-10-12-34(13-11-33)22-15-18(28)4-5-23(22)36-2/h4-7,14-16H,3,8-13H2,1-2H3,(H,30,35)(H,31,32). The number of halogens is 2. The Morgan fingerprint density at radius 2 is 1.95 bits per heavy atom. The second-order valence-corrected chi connectivity index (χ2v) is 11.0. The van der Waals surface area contributed by atoms with Gasteiger partial charge in [0, 0.05) is 42.8 Å². The van der Waals surface area contributed by atoms with E-state index in [2.05, 4.69) is 25.1 Å². The molecule has 0 unspecified atom stereocenters. The summed E-state index contributed by atoms with van der Waals surface area (Å²) in [5.41, 5.74) is 3.79. The van der Waals surface area contributed by atoms with Gasteiger partial charge in [0.05, 0.1) is 33.6 Å². The van der Waals surface area contributed by atoms with Crippen molar-refractivity contribution >= 4 is 57.2 Å². The van der Waals surface area contributed by atoms with Crippen molar-refractivity contribution < 1.29 is 9.53 Å². The summed E-state index contributed by atoms with van der Waals surface area (Å²) in [6, 6.07) is 13.4. The lowest BCUT2D eigenvalue weighted by atomic mass is 10.2. The highest BCUT2D eigenvalue weighted by atomic mass is 35.5. The summed E-state index contributed by atoms with van der Waals surface area (Å²) in [5, 5.41) is 4.46. The van der Waals surface area contributed by atoms with Gasteiger partial charge in [0.25, 0.3) is 5.91 Å². The number of fused-ring (bicyclic) bond motifs is 1. The summed E-state index contributed by atoms with van der Waals surface area (Å²) >= 11 is 13.9. The zero-order chi connectivity index (χ0) is 25.9. The molecular weight excluding hydrogens is 529 g/mol. The Balaban J connectivity index is 1.08. The first-order valence-electron chi connectivity index (χ1n) is 12.3. The lowest BCUT2D eigenvalue weighted by Gasteiger charge is -2.36. The number of anilines is 1. The number of thiophene rings is 1. The average Bonchev–Trinajstić information content (AvgIpc) is 3.55. The highest BCUT2D eigenvalue weighted by molar-refractivity contribution is 7.17. The number of hydrogen-bond donors (Lipinski definition) is 2. The largest absolute Gasteiger partial charge is 0.495 e. The van der Waals surface area contributed by atoms with Gasteiger partial charge in [0.15, 0.2) is 0 Å². The van der Waals surface area contributed by atoms with E-state index in [0.717, 1.165) is 77.9 Å². The van der Waals surface area contributed by atoms with Crippen LogP contribution in [-0.4, -0.2) is 67.2 Å². The number of ether oxygens (including phenoxy) is 1. The Morgan fingerprint density at radius 3 is 2.73 bits per heavy atom. The Hall–Kier alpha value is -2.78. The summed E-state index contributed by atoms with van der Waals surface area (Å²) in [7, 11) is 1.68. The van der Waals surface area contributed by atoms with Gasteiger partial charge in [0.1, 0.15) is 11.6 Å². The van der Waals surface area contributed by atoms with E-state index in [-0.39, 0.29) is 5.91 Å². The molecular formula is C27H29Cl2N5O2S. The summed E-state index contributed by atoms with van der Waals surface area (Å²) < 4.78 is 5.50. The molecule has 7 nitrogen and oxygen atoms in total. The lowest BCUT2D eigenvalue weighted by Crippen LogP contribution is -2.47. The van der Waals surface area contributed by atoms with Crippen LogP contribution in [0, 0.1) is 6.92 Å². The predicted octanol–water partition coefficient (Wildman–Crippen LogP) is 5.86. The van der Waals surface area contributed by atoms with Crippen LogP contribution in [0.3, 0.4) is 0 Å². The number of aromatic nitrogens is 2. The third kappa shape index (κ3) is 5.88. The molecule has 2 N–H and O–H groups in total.